The van der Waals surface area contributed by atoms with Crippen LogP contribution in [0.5, 0.6) is 0 Å². The van der Waals surface area contributed by atoms with Crippen molar-refractivity contribution in [1.29, 1.82) is 0 Å². The van der Waals surface area contributed by atoms with Gasteiger partial charge in [0.15, 0.2) is 0 Å². The van der Waals surface area contributed by atoms with E-state index >= 15 is 0 Å². The molecule has 1 N–H and O–H groups in total. The van der Waals surface area contributed by atoms with E-state index in [1.165, 1.54) is 28.6 Å². The van der Waals surface area contributed by atoms with Crippen LogP contribution < -0.4 is 0 Å². The number of carbonyl (C=O) groups is 2. The molecule has 0 unspecified atom stereocenters. The van der Waals surface area contributed by atoms with Gasteiger partial charge in [0.1, 0.15) is 0 Å². The highest BCUT2D eigenvalue weighted by atomic mass is 32.2. The topological polar surface area (TPSA) is 101 Å². The van der Waals surface area contributed by atoms with Gasteiger partial charge in [-0.25, -0.2) is 13.2 Å². The molecule has 1 fully saturated rings. The molecular weight excluding hydrogens is 322 g/mol. The molecule has 0 radical (unpaired) electrons. The molecule has 1 aromatic rings. The molecule has 1 aliphatic heterocycles. The van der Waals surface area contributed by atoms with Crippen molar-refractivity contribution in [2.24, 2.45) is 5.92 Å². The zero-order valence-corrected chi connectivity index (χ0v) is 13.6. The lowest BCUT2D eigenvalue weighted by Crippen LogP contribution is -2.42. The first-order valence-corrected chi connectivity index (χ1v) is 8.80. The van der Waals surface area contributed by atoms with E-state index in [0.29, 0.717) is 19.4 Å². The number of hydrogen-bond donors (Lipinski definition) is 1. The van der Waals surface area contributed by atoms with Gasteiger partial charge in [0.2, 0.25) is 10.0 Å². The molecule has 0 amide bonds. The number of esters is 1. The second-order valence-corrected chi connectivity index (χ2v) is 7.22. The fourth-order valence-corrected chi connectivity index (χ4v) is 4.06. The number of carbonyl (C=O) groups excluding carboxylic acids is 1. The van der Waals surface area contributed by atoms with E-state index < -0.39 is 21.9 Å². The van der Waals surface area contributed by atoms with Gasteiger partial charge in [-0.05, 0) is 44.0 Å². The molecule has 1 atom stereocenters. The Bertz CT molecular complexity index is 682. The Morgan fingerprint density at radius 1 is 1.30 bits per heavy atom. The minimum Gasteiger partial charge on any atom is -0.478 e. The number of carboxylic acid groups (broad SMARTS) is 1. The van der Waals surface area contributed by atoms with Crippen molar-refractivity contribution in [3.8, 4) is 0 Å². The molecule has 0 aromatic heterocycles. The quantitative estimate of drug-likeness (QED) is 0.811. The molecule has 1 aromatic carbocycles. The van der Waals surface area contributed by atoms with Gasteiger partial charge >= 0.3 is 11.9 Å². The van der Waals surface area contributed by atoms with Crippen LogP contribution in [0.15, 0.2) is 29.2 Å². The number of rotatable bonds is 5. The summed E-state index contributed by atoms with van der Waals surface area (Å²) in [6.07, 6.45) is 1.18. The Kier molecular flexibility index (Phi) is 5.38. The van der Waals surface area contributed by atoms with Crippen LogP contribution in [0.4, 0.5) is 0 Å². The third-order valence-electron chi connectivity index (χ3n) is 3.74. The van der Waals surface area contributed by atoms with Crippen molar-refractivity contribution in [1.82, 2.24) is 4.31 Å². The Balaban J connectivity index is 2.18. The van der Waals surface area contributed by atoms with E-state index in [0.717, 1.165) is 0 Å². The number of carboxylic acids is 1. The highest BCUT2D eigenvalue weighted by Gasteiger charge is 2.34. The van der Waals surface area contributed by atoms with E-state index in [-0.39, 0.29) is 29.6 Å². The molecule has 2 rings (SSSR count). The number of hydrogen-bond acceptors (Lipinski definition) is 5. The van der Waals surface area contributed by atoms with Gasteiger partial charge in [-0.1, -0.05) is 0 Å². The molecule has 0 saturated carbocycles. The van der Waals surface area contributed by atoms with E-state index in [1.54, 1.807) is 6.92 Å². The molecule has 7 nitrogen and oxygen atoms in total. The molecule has 0 aliphatic carbocycles. The highest BCUT2D eigenvalue weighted by Crippen LogP contribution is 2.24. The van der Waals surface area contributed by atoms with Crippen LogP contribution in [0.25, 0.3) is 0 Å². The molecule has 1 aliphatic rings. The minimum absolute atomic E-state index is 0.0204. The van der Waals surface area contributed by atoms with Gasteiger partial charge in [0, 0.05) is 13.1 Å². The minimum atomic E-state index is -3.75. The maximum Gasteiger partial charge on any atom is 0.335 e. The first kappa shape index (κ1) is 17.4. The van der Waals surface area contributed by atoms with Crippen LogP contribution in [0.2, 0.25) is 0 Å². The SMILES string of the molecule is CCOC(=O)[C@@H]1CCCN(S(=O)(=O)c2ccc(C(=O)O)cc2)C1. The molecule has 1 heterocycles. The van der Waals surface area contributed by atoms with Gasteiger partial charge in [-0.3, -0.25) is 4.79 Å². The zero-order chi connectivity index (χ0) is 17.0. The Morgan fingerprint density at radius 2 is 1.96 bits per heavy atom. The van der Waals surface area contributed by atoms with Crippen molar-refractivity contribution in [2.75, 3.05) is 19.7 Å². The molecule has 0 spiro atoms. The average molecular weight is 341 g/mol. The van der Waals surface area contributed by atoms with Crippen molar-refractivity contribution >= 4 is 22.0 Å². The predicted octanol–water partition coefficient (Wildman–Crippen LogP) is 1.35. The number of ether oxygens (including phenoxy) is 1. The molecule has 8 heteroatoms. The van der Waals surface area contributed by atoms with E-state index in [9.17, 15) is 18.0 Å². The summed E-state index contributed by atoms with van der Waals surface area (Å²) in [6.45, 7) is 2.39. The van der Waals surface area contributed by atoms with Crippen LogP contribution in [-0.4, -0.2) is 49.5 Å². The lowest BCUT2D eigenvalue weighted by atomic mass is 10.0. The number of sulfonamides is 1. The summed E-state index contributed by atoms with van der Waals surface area (Å²) in [7, 11) is -3.75. The van der Waals surface area contributed by atoms with Gasteiger partial charge in [0.25, 0.3) is 0 Å². The van der Waals surface area contributed by atoms with Gasteiger partial charge < -0.3 is 9.84 Å². The highest BCUT2D eigenvalue weighted by molar-refractivity contribution is 7.89. The summed E-state index contributed by atoms with van der Waals surface area (Å²) in [6, 6.07) is 5.05. The summed E-state index contributed by atoms with van der Waals surface area (Å²) >= 11 is 0. The normalized spacial score (nSPS) is 19.3. The first-order chi connectivity index (χ1) is 10.9. The number of aromatic carboxylic acids is 1. The zero-order valence-electron chi connectivity index (χ0n) is 12.8. The molecule has 1 saturated heterocycles. The van der Waals surface area contributed by atoms with E-state index in [4.69, 9.17) is 9.84 Å². The predicted molar refractivity (Wildman–Crippen MR) is 81.5 cm³/mol. The molecule has 0 bridgehead atoms. The Hall–Kier alpha value is -1.93. The lowest BCUT2D eigenvalue weighted by molar-refractivity contribution is -0.149. The Morgan fingerprint density at radius 3 is 2.52 bits per heavy atom. The van der Waals surface area contributed by atoms with Gasteiger partial charge in [-0.15, -0.1) is 0 Å². The molecule has 23 heavy (non-hydrogen) atoms. The van der Waals surface area contributed by atoms with Crippen molar-refractivity contribution < 1.29 is 27.9 Å². The van der Waals surface area contributed by atoms with Crippen molar-refractivity contribution in [3.05, 3.63) is 29.8 Å². The summed E-state index contributed by atoms with van der Waals surface area (Å²) in [5, 5.41) is 8.86. The lowest BCUT2D eigenvalue weighted by Gasteiger charge is -2.30. The largest absolute Gasteiger partial charge is 0.478 e. The monoisotopic (exact) mass is 341 g/mol. The van der Waals surface area contributed by atoms with Crippen LogP contribution in [-0.2, 0) is 19.6 Å². The maximum absolute atomic E-state index is 12.6. The summed E-state index contributed by atoms with van der Waals surface area (Å²) in [5.74, 6) is -1.96. The number of piperidine rings is 1. The average Bonchev–Trinajstić information content (AvgIpc) is 2.55. The third kappa shape index (κ3) is 3.89. The molecular formula is C15H19NO6S. The standard InChI is InChI=1S/C15H19NO6S/c1-2-22-15(19)12-4-3-9-16(10-12)23(20,21)13-7-5-11(6-8-13)14(17)18/h5-8,12H,2-4,9-10H2,1H3,(H,17,18)/t12-/m1/s1. The van der Waals surface area contributed by atoms with Gasteiger partial charge in [-0.2, -0.15) is 4.31 Å². The Labute approximate surface area is 134 Å². The second kappa shape index (κ2) is 7.10. The summed E-state index contributed by atoms with van der Waals surface area (Å²) in [5.41, 5.74) is 0.0204. The van der Waals surface area contributed by atoms with Crippen LogP contribution in [0.3, 0.4) is 0 Å². The smallest absolute Gasteiger partial charge is 0.335 e. The second-order valence-electron chi connectivity index (χ2n) is 5.28. The molecule has 126 valence electrons. The summed E-state index contributed by atoms with van der Waals surface area (Å²) < 4.78 is 31.5. The maximum atomic E-state index is 12.6. The van der Waals surface area contributed by atoms with Crippen LogP contribution in [0, 0.1) is 5.92 Å². The first-order valence-electron chi connectivity index (χ1n) is 7.36. The number of nitrogens with zero attached hydrogens (tertiary/aromatic N) is 1. The van der Waals surface area contributed by atoms with E-state index in [2.05, 4.69) is 0 Å². The van der Waals surface area contributed by atoms with Crippen molar-refractivity contribution in [3.63, 3.8) is 0 Å². The van der Waals surface area contributed by atoms with Crippen LogP contribution >= 0.6 is 0 Å². The third-order valence-corrected chi connectivity index (χ3v) is 5.62. The fourth-order valence-electron chi connectivity index (χ4n) is 2.53. The van der Waals surface area contributed by atoms with Crippen molar-refractivity contribution in [2.45, 2.75) is 24.7 Å². The van der Waals surface area contributed by atoms with Gasteiger partial charge in [0.05, 0.1) is 23.0 Å². The number of benzene rings is 1. The van der Waals surface area contributed by atoms with Crippen LogP contribution in [0.1, 0.15) is 30.1 Å². The van der Waals surface area contributed by atoms with E-state index in [1.807, 2.05) is 0 Å². The summed E-state index contributed by atoms with van der Waals surface area (Å²) in [4.78, 5) is 22.7. The fraction of sp³-hybridized carbons (Fsp3) is 0.467.